The number of aromatic nitrogens is 1. The summed E-state index contributed by atoms with van der Waals surface area (Å²) in [7, 11) is 1.71. The van der Waals surface area contributed by atoms with Gasteiger partial charge in [0, 0.05) is 30.8 Å². The first-order chi connectivity index (χ1) is 7.59. The lowest BCUT2D eigenvalue weighted by atomic mass is 10.2. The smallest absolute Gasteiger partial charge is 0.270 e. The van der Waals surface area contributed by atoms with Gasteiger partial charge in [0.1, 0.15) is 5.69 Å². The lowest BCUT2D eigenvalue weighted by Crippen LogP contribution is -2.44. The molecule has 1 aliphatic heterocycles. The largest absolute Gasteiger partial charge is 0.390 e. The Balaban J connectivity index is 2.10. The van der Waals surface area contributed by atoms with Crippen molar-refractivity contribution in [3.05, 3.63) is 22.4 Å². The van der Waals surface area contributed by atoms with Gasteiger partial charge in [-0.25, -0.2) is 0 Å². The standard InChI is InChI=1S/C10H14BrN3O2/c1-14(8-4-12-5-9(8)15)10(16)7-2-6(11)3-13-7/h2-3,8-9,12-13,15H,4-5H2,1H3/t8-,9-/m1/s1. The van der Waals surface area contributed by atoms with Gasteiger partial charge >= 0.3 is 0 Å². The Morgan fingerprint density at radius 2 is 2.38 bits per heavy atom. The average molecular weight is 288 g/mol. The molecule has 0 aliphatic carbocycles. The molecule has 1 saturated heterocycles. The fourth-order valence-corrected chi connectivity index (χ4v) is 2.22. The number of rotatable bonds is 2. The van der Waals surface area contributed by atoms with Gasteiger partial charge in [0.25, 0.3) is 5.91 Å². The molecule has 2 heterocycles. The van der Waals surface area contributed by atoms with Crippen LogP contribution in [0.1, 0.15) is 10.5 Å². The van der Waals surface area contributed by atoms with E-state index in [1.807, 2.05) is 0 Å². The zero-order valence-electron chi connectivity index (χ0n) is 8.90. The second-order valence-electron chi connectivity index (χ2n) is 3.94. The molecule has 0 spiro atoms. The number of aliphatic hydroxyl groups is 1. The van der Waals surface area contributed by atoms with Crippen LogP contribution in [0.5, 0.6) is 0 Å². The molecule has 1 fully saturated rings. The highest BCUT2D eigenvalue weighted by molar-refractivity contribution is 9.10. The van der Waals surface area contributed by atoms with Gasteiger partial charge in [0.2, 0.25) is 0 Å². The molecule has 2 rings (SSSR count). The molecule has 1 aromatic rings. The molecule has 6 heteroatoms. The Hall–Kier alpha value is -0.850. The molecule has 5 nitrogen and oxygen atoms in total. The molecule has 88 valence electrons. The summed E-state index contributed by atoms with van der Waals surface area (Å²) in [4.78, 5) is 16.5. The van der Waals surface area contributed by atoms with Crippen LogP contribution in [0.15, 0.2) is 16.7 Å². The van der Waals surface area contributed by atoms with E-state index in [1.165, 1.54) is 0 Å². The number of carbonyl (C=O) groups excluding carboxylic acids is 1. The Bertz CT molecular complexity index is 393. The first-order valence-corrected chi connectivity index (χ1v) is 5.88. The van der Waals surface area contributed by atoms with Crippen LogP contribution in [0.25, 0.3) is 0 Å². The molecule has 0 saturated carbocycles. The third-order valence-electron chi connectivity index (χ3n) is 2.85. The molecule has 0 bridgehead atoms. The van der Waals surface area contributed by atoms with E-state index in [4.69, 9.17) is 0 Å². The molecular formula is C10H14BrN3O2. The maximum Gasteiger partial charge on any atom is 0.270 e. The number of nitrogens with zero attached hydrogens (tertiary/aromatic N) is 1. The van der Waals surface area contributed by atoms with Gasteiger partial charge in [-0.1, -0.05) is 0 Å². The van der Waals surface area contributed by atoms with Gasteiger partial charge in [-0.3, -0.25) is 4.79 Å². The van der Waals surface area contributed by atoms with Crippen molar-refractivity contribution in [1.82, 2.24) is 15.2 Å². The number of likely N-dealkylation sites (N-methyl/N-ethyl adjacent to an activating group) is 1. The number of hydrogen-bond acceptors (Lipinski definition) is 3. The molecule has 1 amide bonds. The quantitative estimate of drug-likeness (QED) is 0.727. The number of hydrogen-bond donors (Lipinski definition) is 3. The number of aliphatic hydroxyl groups excluding tert-OH is 1. The van der Waals surface area contributed by atoms with E-state index >= 15 is 0 Å². The van der Waals surface area contributed by atoms with Crippen molar-refractivity contribution in [2.75, 3.05) is 20.1 Å². The maximum atomic E-state index is 12.0. The van der Waals surface area contributed by atoms with Gasteiger partial charge in [-0.05, 0) is 22.0 Å². The van der Waals surface area contributed by atoms with Crippen molar-refractivity contribution in [2.24, 2.45) is 0 Å². The first-order valence-electron chi connectivity index (χ1n) is 5.09. The minimum Gasteiger partial charge on any atom is -0.390 e. The number of H-pyrrole nitrogens is 1. The number of aromatic amines is 1. The maximum absolute atomic E-state index is 12.0. The molecule has 3 N–H and O–H groups in total. The highest BCUT2D eigenvalue weighted by atomic mass is 79.9. The Morgan fingerprint density at radius 1 is 1.62 bits per heavy atom. The van der Waals surface area contributed by atoms with E-state index in [9.17, 15) is 9.90 Å². The second-order valence-corrected chi connectivity index (χ2v) is 4.86. The Kier molecular flexibility index (Phi) is 3.32. The van der Waals surface area contributed by atoms with E-state index in [0.29, 0.717) is 18.8 Å². The summed E-state index contributed by atoms with van der Waals surface area (Å²) in [6.07, 6.45) is 1.22. The van der Waals surface area contributed by atoms with E-state index < -0.39 is 6.10 Å². The molecule has 0 unspecified atom stereocenters. The molecule has 2 atom stereocenters. The van der Waals surface area contributed by atoms with E-state index in [1.54, 1.807) is 24.2 Å². The fraction of sp³-hybridized carbons (Fsp3) is 0.500. The summed E-state index contributed by atoms with van der Waals surface area (Å²) in [6.45, 7) is 1.17. The van der Waals surface area contributed by atoms with Crippen LogP contribution in [0.4, 0.5) is 0 Å². The van der Waals surface area contributed by atoms with Crippen molar-refractivity contribution in [3.63, 3.8) is 0 Å². The van der Waals surface area contributed by atoms with Crippen LogP contribution in [0.3, 0.4) is 0 Å². The summed E-state index contributed by atoms with van der Waals surface area (Å²) in [5, 5.41) is 12.7. The third-order valence-corrected chi connectivity index (χ3v) is 3.30. The van der Waals surface area contributed by atoms with Crippen LogP contribution >= 0.6 is 15.9 Å². The van der Waals surface area contributed by atoms with Crippen LogP contribution in [-0.2, 0) is 0 Å². The monoisotopic (exact) mass is 287 g/mol. The lowest BCUT2D eigenvalue weighted by Gasteiger charge is -2.25. The fourth-order valence-electron chi connectivity index (χ4n) is 1.88. The molecule has 1 aliphatic rings. The number of β-amino-alcohol motifs (C(OH)–C–C–N with tert-alkyl or cyclic N) is 1. The zero-order chi connectivity index (χ0) is 11.7. The number of halogens is 1. The van der Waals surface area contributed by atoms with Crippen LogP contribution in [0, 0.1) is 0 Å². The first kappa shape index (κ1) is 11.6. The minimum absolute atomic E-state index is 0.113. The van der Waals surface area contributed by atoms with Crippen LogP contribution in [0.2, 0.25) is 0 Å². The zero-order valence-corrected chi connectivity index (χ0v) is 10.5. The summed E-state index contributed by atoms with van der Waals surface area (Å²) < 4.78 is 0.842. The topological polar surface area (TPSA) is 68.4 Å². The molecule has 0 radical (unpaired) electrons. The van der Waals surface area contributed by atoms with Gasteiger partial charge in [0.05, 0.1) is 12.1 Å². The molecular weight excluding hydrogens is 274 g/mol. The normalized spacial score (nSPS) is 24.7. The summed E-state index contributed by atoms with van der Waals surface area (Å²) in [5.74, 6) is -0.113. The third kappa shape index (κ3) is 2.14. The number of amides is 1. The highest BCUT2D eigenvalue weighted by Gasteiger charge is 2.31. The predicted octanol–water partition coefficient (Wildman–Crippen LogP) is 0.182. The lowest BCUT2D eigenvalue weighted by molar-refractivity contribution is 0.0576. The predicted molar refractivity (Wildman–Crippen MR) is 63.3 cm³/mol. The summed E-state index contributed by atoms with van der Waals surface area (Å²) >= 11 is 3.28. The van der Waals surface area contributed by atoms with E-state index in [-0.39, 0.29) is 11.9 Å². The van der Waals surface area contributed by atoms with Crippen molar-refractivity contribution < 1.29 is 9.90 Å². The molecule has 16 heavy (non-hydrogen) atoms. The number of nitrogens with one attached hydrogen (secondary N) is 2. The van der Waals surface area contributed by atoms with Crippen molar-refractivity contribution in [3.8, 4) is 0 Å². The SMILES string of the molecule is CN(C(=O)c1cc(Br)c[nH]1)[C@@H]1CNC[C@H]1O. The minimum atomic E-state index is -0.493. The van der Waals surface area contributed by atoms with Gasteiger partial charge < -0.3 is 20.3 Å². The molecule has 0 aromatic carbocycles. The van der Waals surface area contributed by atoms with Crippen molar-refractivity contribution in [2.45, 2.75) is 12.1 Å². The van der Waals surface area contributed by atoms with E-state index in [0.717, 1.165) is 4.47 Å². The van der Waals surface area contributed by atoms with Crippen LogP contribution < -0.4 is 5.32 Å². The van der Waals surface area contributed by atoms with Crippen LogP contribution in [-0.4, -0.2) is 53.2 Å². The molecule has 1 aromatic heterocycles. The average Bonchev–Trinajstić information content (AvgIpc) is 2.85. The van der Waals surface area contributed by atoms with Gasteiger partial charge in [-0.2, -0.15) is 0 Å². The van der Waals surface area contributed by atoms with Gasteiger partial charge in [0.15, 0.2) is 0 Å². The summed E-state index contributed by atoms with van der Waals surface area (Å²) in [5.41, 5.74) is 0.522. The Morgan fingerprint density at radius 3 is 2.88 bits per heavy atom. The Labute approximate surface area is 102 Å². The highest BCUT2D eigenvalue weighted by Crippen LogP contribution is 2.15. The second kappa shape index (κ2) is 4.57. The van der Waals surface area contributed by atoms with Crippen molar-refractivity contribution in [1.29, 1.82) is 0 Å². The van der Waals surface area contributed by atoms with Gasteiger partial charge in [-0.15, -0.1) is 0 Å². The van der Waals surface area contributed by atoms with E-state index in [2.05, 4.69) is 26.2 Å². The number of carbonyl (C=O) groups is 1. The summed E-state index contributed by atoms with van der Waals surface area (Å²) in [6, 6.07) is 1.57. The van der Waals surface area contributed by atoms with Crippen molar-refractivity contribution >= 4 is 21.8 Å².